The van der Waals surface area contributed by atoms with Crippen LogP contribution in [0.25, 0.3) is 0 Å². The normalized spacial score (nSPS) is 15.5. The molecule has 0 aromatic carbocycles. The van der Waals surface area contributed by atoms with Gasteiger partial charge in [-0.25, -0.2) is 0 Å². The number of esters is 1. The van der Waals surface area contributed by atoms with Crippen LogP contribution in [0.4, 0.5) is 0 Å². The number of hydrogen-bond acceptors (Lipinski definition) is 3. The van der Waals surface area contributed by atoms with E-state index in [9.17, 15) is 4.79 Å². The molecule has 0 N–H and O–H groups in total. The van der Waals surface area contributed by atoms with Crippen molar-refractivity contribution in [3.8, 4) is 0 Å². The van der Waals surface area contributed by atoms with Gasteiger partial charge in [-0.1, -0.05) is 84.0 Å². The van der Waals surface area contributed by atoms with Crippen LogP contribution in [0.1, 0.15) is 110 Å². The Bertz CT molecular complexity index is 288. The summed E-state index contributed by atoms with van der Waals surface area (Å²) in [6, 6.07) is 0. The molecule has 0 aromatic heterocycles. The second-order valence-corrected chi connectivity index (χ2v) is 8.69. The first-order chi connectivity index (χ1) is 11.8. The van der Waals surface area contributed by atoms with Gasteiger partial charge in [-0.3, -0.25) is 4.79 Å². The van der Waals surface area contributed by atoms with Gasteiger partial charge in [0.1, 0.15) is 0 Å². The minimum absolute atomic E-state index is 0.00855. The molecule has 24 heavy (non-hydrogen) atoms. The lowest BCUT2D eigenvalue weighted by Crippen LogP contribution is -2.11. The van der Waals surface area contributed by atoms with E-state index in [4.69, 9.17) is 4.74 Å². The average Bonchev–Trinajstić information content (AvgIpc) is 2.60. The molecule has 3 heteroatoms. The van der Waals surface area contributed by atoms with E-state index < -0.39 is 0 Å². The smallest absolute Gasteiger partial charge is 0.306 e. The second-order valence-electron chi connectivity index (χ2n) is 7.28. The summed E-state index contributed by atoms with van der Waals surface area (Å²) in [7, 11) is 0. The van der Waals surface area contributed by atoms with Crippen LogP contribution < -0.4 is 0 Å². The van der Waals surface area contributed by atoms with E-state index in [1.54, 1.807) is 0 Å². The summed E-state index contributed by atoms with van der Waals surface area (Å²) >= 11 is 1.98. The summed E-state index contributed by atoms with van der Waals surface area (Å²) in [4.78, 5) is 11.7. The zero-order valence-electron chi connectivity index (χ0n) is 16.0. The predicted octanol–water partition coefficient (Wildman–Crippen LogP) is 6.91. The van der Waals surface area contributed by atoms with Crippen molar-refractivity contribution in [2.24, 2.45) is 0 Å². The number of carbonyl (C=O) groups is 1. The van der Waals surface area contributed by atoms with Gasteiger partial charge in [0.25, 0.3) is 0 Å². The van der Waals surface area contributed by atoms with Crippen LogP contribution >= 0.6 is 11.8 Å². The van der Waals surface area contributed by atoms with E-state index >= 15 is 0 Å². The lowest BCUT2D eigenvalue weighted by Gasteiger charge is -2.20. The third-order valence-corrected chi connectivity index (χ3v) is 6.36. The number of thioether (sulfide) groups is 1. The van der Waals surface area contributed by atoms with E-state index in [0.29, 0.717) is 13.0 Å². The fourth-order valence-electron chi connectivity index (χ4n) is 3.39. The fraction of sp³-hybridized carbons (Fsp3) is 0.952. The van der Waals surface area contributed by atoms with Gasteiger partial charge in [0.2, 0.25) is 0 Å². The molecular weight excluding hydrogens is 316 g/mol. The molecule has 0 heterocycles. The minimum atomic E-state index is 0.00855. The third kappa shape index (κ3) is 13.1. The quantitative estimate of drug-likeness (QED) is 0.236. The SMILES string of the molecule is CCCCCCCCCCCCOC(=O)CCSC1CCCCC1. The van der Waals surface area contributed by atoms with Crippen LogP contribution in [-0.4, -0.2) is 23.6 Å². The Morgan fingerprint density at radius 3 is 2.08 bits per heavy atom. The molecule has 0 aromatic rings. The third-order valence-electron chi connectivity index (χ3n) is 4.97. The van der Waals surface area contributed by atoms with E-state index in [0.717, 1.165) is 17.4 Å². The molecule has 1 aliphatic carbocycles. The van der Waals surface area contributed by atoms with Crippen LogP contribution in [-0.2, 0) is 9.53 Å². The van der Waals surface area contributed by atoms with E-state index in [1.165, 1.54) is 89.9 Å². The van der Waals surface area contributed by atoms with Crippen molar-refractivity contribution in [3.63, 3.8) is 0 Å². The number of rotatable bonds is 15. The zero-order valence-corrected chi connectivity index (χ0v) is 16.8. The summed E-state index contributed by atoms with van der Waals surface area (Å²) in [6.07, 6.45) is 20.6. The largest absolute Gasteiger partial charge is 0.466 e. The van der Waals surface area contributed by atoms with Crippen LogP contribution in [0.5, 0.6) is 0 Å². The maximum absolute atomic E-state index is 11.7. The zero-order chi connectivity index (χ0) is 17.3. The Balaban J connectivity index is 1.77. The fourth-order valence-corrected chi connectivity index (χ4v) is 4.67. The Kier molecular flexibility index (Phi) is 14.8. The summed E-state index contributed by atoms with van der Waals surface area (Å²) < 4.78 is 5.35. The van der Waals surface area contributed by atoms with Crippen molar-refractivity contribution in [1.29, 1.82) is 0 Å². The van der Waals surface area contributed by atoms with Crippen molar-refractivity contribution >= 4 is 17.7 Å². The molecule has 0 bridgehead atoms. The van der Waals surface area contributed by atoms with Gasteiger partial charge in [-0.05, 0) is 19.3 Å². The predicted molar refractivity (Wildman–Crippen MR) is 107 cm³/mol. The highest BCUT2D eigenvalue weighted by molar-refractivity contribution is 7.99. The van der Waals surface area contributed by atoms with Crippen molar-refractivity contribution in [3.05, 3.63) is 0 Å². The van der Waals surface area contributed by atoms with Gasteiger partial charge in [0, 0.05) is 11.0 Å². The molecule has 142 valence electrons. The molecular formula is C21H40O2S. The highest BCUT2D eigenvalue weighted by Crippen LogP contribution is 2.28. The Hall–Kier alpha value is -0.180. The number of unbranched alkanes of at least 4 members (excludes halogenated alkanes) is 9. The minimum Gasteiger partial charge on any atom is -0.466 e. The monoisotopic (exact) mass is 356 g/mol. The van der Waals surface area contributed by atoms with Gasteiger partial charge >= 0.3 is 5.97 Å². The van der Waals surface area contributed by atoms with Gasteiger partial charge in [0.15, 0.2) is 0 Å². The highest BCUT2D eigenvalue weighted by atomic mass is 32.2. The summed E-state index contributed by atoms with van der Waals surface area (Å²) in [5, 5.41) is 0.800. The van der Waals surface area contributed by atoms with Crippen molar-refractivity contribution in [1.82, 2.24) is 0 Å². The van der Waals surface area contributed by atoms with E-state index in [2.05, 4.69) is 6.92 Å². The lowest BCUT2D eigenvalue weighted by atomic mass is 10.0. The molecule has 0 spiro atoms. The molecule has 0 amide bonds. The number of hydrogen-bond donors (Lipinski definition) is 0. The Morgan fingerprint density at radius 1 is 0.875 bits per heavy atom. The maximum Gasteiger partial charge on any atom is 0.306 e. The number of ether oxygens (including phenoxy) is 1. The van der Waals surface area contributed by atoms with Crippen LogP contribution in [0, 0.1) is 0 Å². The molecule has 0 unspecified atom stereocenters. The maximum atomic E-state index is 11.7. The van der Waals surface area contributed by atoms with Gasteiger partial charge in [0.05, 0.1) is 13.0 Å². The molecule has 1 rings (SSSR count). The summed E-state index contributed by atoms with van der Waals surface area (Å²) in [6.45, 7) is 2.89. The molecule has 1 saturated carbocycles. The molecule has 0 saturated heterocycles. The van der Waals surface area contributed by atoms with Crippen molar-refractivity contribution in [2.45, 2.75) is 115 Å². The van der Waals surface area contributed by atoms with E-state index in [1.807, 2.05) is 11.8 Å². The molecule has 1 fully saturated rings. The molecule has 0 atom stereocenters. The van der Waals surface area contributed by atoms with Crippen LogP contribution in [0.15, 0.2) is 0 Å². The van der Waals surface area contributed by atoms with Gasteiger partial charge in [-0.2, -0.15) is 11.8 Å². The van der Waals surface area contributed by atoms with Gasteiger partial charge < -0.3 is 4.74 Å². The highest BCUT2D eigenvalue weighted by Gasteiger charge is 2.14. The summed E-state index contributed by atoms with van der Waals surface area (Å²) in [5.41, 5.74) is 0. The molecule has 0 radical (unpaired) electrons. The first-order valence-electron chi connectivity index (χ1n) is 10.6. The second kappa shape index (κ2) is 16.3. The standard InChI is InChI=1S/C21H40O2S/c1-2-3-4-5-6-7-8-9-10-14-18-23-21(22)17-19-24-20-15-12-11-13-16-20/h20H,2-19H2,1H3. The number of carbonyl (C=O) groups excluding carboxylic acids is 1. The molecule has 1 aliphatic rings. The lowest BCUT2D eigenvalue weighted by molar-refractivity contribution is -0.143. The molecule has 0 aliphatic heterocycles. The Morgan fingerprint density at radius 2 is 1.46 bits per heavy atom. The van der Waals surface area contributed by atoms with E-state index in [-0.39, 0.29) is 5.97 Å². The van der Waals surface area contributed by atoms with Crippen LogP contribution in [0.3, 0.4) is 0 Å². The van der Waals surface area contributed by atoms with Crippen molar-refractivity contribution < 1.29 is 9.53 Å². The van der Waals surface area contributed by atoms with Crippen LogP contribution in [0.2, 0.25) is 0 Å². The first kappa shape index (κ1) is 21.9. The Labute approximate surface area is 154 Å². The average molecular weight is 357 g/mol. The van der Waals surface area contributed by atoms with Crippen molar-refractivity contribution in [2.75, 3.05) is 12.4 Å². The summed E-state index contributed by atoms with van der Waals surface area (Å²) in [5.74, 6) is 0.955. The first-order valence-corrected chi connectivity index (χ1v) is 11.6. The van der Waals surface area contributed by atoms with Gasteiger partial charge in [-0.15, -0.1) is 0 Å². The topological polar surface area (TPSA) is 26.3 Å². The molecule has 2 nitrogen and oxygen atoms in total.